The molecule has 2 N–H and O–H groups in total. The summed E-state index contributed by atoms with van der Waals surface area (Å²) in [5, 5.41) is 13.0. The third-order valence-electron chi connectivity index (χ3n) is 3.59. The molecular formula is C13H16BrN5S. The van der Waals surface area contributed by atoms with Crippen LogP contribution in [0.15, 0.2) is 32.7 Å². The summed E-state index contributed by atoms with van der Waals surface area (Å²) < 4.78 is 3.01. The molecule has 0 bridgehead atoms. The molecule has 7 heteroatoms. The Morgan fingerprint density at radius 2 is 2.15 bits per heavy atom. The first kappa shape index (κ1) is 14.0. The lowest BCUT2D eigenvalue weighted by molar-refractivity contribution is 0.423. The van der Waals surface area contributed by atoms with Crippen molar-refractivity contribution in [2.24, 2.45) is 5.73 Å². The Bertz CT molecular complexity index is 594. The Morgan fingerprint density at radius 3 is 2.85 bits per heavy atom. The summed E-state index contributed by atoms with van der Waals surface area (Å²) in [6.07, 6.45) is 4.89. The van der Waals surface area contributed by atoms with Crippen molar-refractivity contribution < 1.29 is 0 Å². The van der Waals surface area contributed by atoms with Crippen molar-refractivity contribution in [1.29, 1.82) is 0 Å². The molecular weight excluding hydrogens is 338 g/mol. The van der Waals surface area contributed by atoms with Gasteiger partial charge in [-0.2, -0.15) is 0 Å². The summed E-state index contributed by atoms with van der Waals surface area (Å²) in [5.41, 5.74) is 6.77. The first-order chi connectivity index (χ1) is 9.78. The normalized spacial score (nSPS) is 15.9. The van der Waals surface area contributed by atoms with Gasteiger partial charge in [-0.25, -0.2) is 4.68 Å². The van der Waals surface area contributed by atoms with Crippen LogP contribution in [-0.2, 0) is 6.54 Å². The van der Waals surface area contributed by atoms with E-state index in [1.807, 2.05) is 10.7 Å². The van der Waals surface area contributed by atoms with E-state index in [0.29, 0.717) is 12.6 Å². The van der Waals surface area contributed by atoms with Crippen LogP contribution in [0.5, 0.6) is 0 Å². The number of nitrogens with two attached hydrogens (primary N) is 1. The van der Waals surface area contributed by atoms with Gasteiger partial charge in [-0.1, -0.05) is 34.8 Å². The fraction of sp³-hybridized carbons (Fsp3) is 0.462. The predicted octanol–water partition coefficient (Wildman–Crippen LogP) is 3.16. The number of hydrogen-bond acceptors (Lipinski definition) is 5. The topological polar surface area (TPSA) is 69.6 Å². The minimum absolute atomic E-state index is 0.458. The number of rotatable bonds is 4. The van der Waals surface area contributed by atoms with Gasteiger partial charge < -0.3 is 5.73 Å². The molecule has 2 aromatic rings. The van der Waals surface area contributed by atoms with Crippen LogP contribution in [0.3, 0.4) is 0 Å². The van der Waals surface area contributed by atoms with Crippen LogP contribution in [0.4, 0.5) is 0 Å². The molecule has 0 saturated heterocycles. The largest absolute Gasteiger partial charge is 0.326 e. The Kier molecular flexibility index (Phi) is 4.38. The minimum Gasteiger partial charge on any atom is -0.326 e. The average molecular weight is 354 g/mol. The zero-order valence-electron chi connectivity index (χ0n) is 11.0. The van der Waals surface area contributed by atoms with Gasteiger partial charge in [0.25, 0.3) is 0 Å². The fourth-order valence-corrected chi connectivity index (χ4v) is 4.07. The van der Waals surface area contributed by atoms with E-state index >= 15 is 0 Å². The van der Waals surface area contributed by atoms with E-state index in [0.717, 1.165) is 20.1 Å². The van der Waals surface area contributed by atoms with E-state index in [1.165, 1.54) is 25.7 Å². The van der Waals surface area contributed by atoms with Crippen molar-refractivity contribution in [3.8, 4) is 0 Å². The van der Waals surface area contributed by atoms with E-state index in [1.54, 1.807) is 11.8 Å². The predicted molar refractivity (Wildman–Crippen MR) is 81.5 cm³/mol. The first-order valence-corrected chi connectivity index (χ1v) is 8.33. The molecule has 1 aromatic carbocycles. The lowest BCUT2D eigenvalue weighted by atomic mass is 10.2. The van der Waals surface area contributed by atoms with E-state index in [4.69, 9.17) is 5.73 Å². The molecule has 20 heavy (non-hydrogen) atoms. The molecule has 0 atom stereocenters. The highest BCUT2D eigenvalue weighted by atomic mass is 79.9. The molecule has 1 saturated carbocycles. The van der Waals surface area contributed by atoms with E-state index in [-0.39, 0.29) is 0 Å². The third-order valence-corrected chi connectivity index (χ3v) is 5.27. The van der Waals surface area contributed by atoms with Gasteiger partial charge >= 0.3 is 0 Å². The van der Waals surface area contributed by atoms with Crippen LogP contribution in [0.2, 0.25) is 0 Å². The fourth-order valence-electron chi connectivity index (χ4n) is 2.49. The van der Waals surface area contributed by atoms with Crippen LogP contribution in [0, 0.1) is 0 Å². The average Bonchev–Trinajstić information content (AvgIpc) is 3.09. The SMILES string of the molecule is NCc1ccc(Sc2nnnn2C2CCCC2)cc1Br. The Morgan fingerprint density at radius 1 is 1.35 bits per heavy atom. The highest BCUT2D eigenvalue weighted by Gasteiger charge is 2.21. The van der Waals surface area contributed by atoms with Crippen LogP contribution in [0.1, 0.15) is 37.3 Å². The second kappa shape index (κ2) is 6.24. The summed E-state index contributed by atoms with van der Waals surface area (Å²) in [5.74, 6) is 0. The first-order valence-electron chi connectivity index (χ1n) is 6.72. The van der Waals surface area contributed by atoms with Crippen LogP contribution < -0.4 is 5.73 Å². The van der Waals surface area contributed by atoms with E-state index < -0.39 is 0 Å². The zero-order chi connectivity index (χ0) is 13.9. The van der Waals surface area contributed by atoms with Gasteiger partial charge in [0.15, 0.2) is 0 Å². The number of hydrogen-bond donors (Lipinski definition) is 1. The molecule has 3 rings (SSSR count). The molecule has 0 spiro atoms. The number of tetrazole rings is 1. The molecule has 1 fully saturated rings. The molecule has 0 amide bonds. The van der Waals surface area contributed by atoms with Crippen molar-refractivity contribution >= 4 is 27.7 Å². The number of halogens is 1. The Labute approximate surface area is 130 Å². The van der Waals surface area contributed by atoms with Crippen molar-refractivity contribution in [2.45, 2.75) is 48.3 Å². The van der Waals surface area contributed by atoms with E-state index in [2.05, 4.69) is 43.6 Å². The number of benzene rings is 1. The second-order valence-corrected chi connectivity index (χ2v) is 6.80. The highest BCUT2D eigenvalue weighted by molar-refractivity contribution is 9.10. The van der Waals surface area contributed by atoms with Gasteiger partial charge in [-0.3, -0.25) is 0 Å². The van der Waals surface area contributed by atoms with Crippen LogP contribution >= 0.6 is 27.7 Å². The summed E-state index contributed by atoms with van der Waals surface area (Å²) >= 11 is 5.14. The molecule has 1 aliphatic carbocycles. The quantitative estimate of drug-likeness (QED) is 0.913. The summed E-state index contributed by atoms with van der Waals surface area (Å²) in [6, 6.07) is 6.63. The maximum absolute atomic E-state index is 5.67. The minimum atomic E-state index is 0.458. The molecule has 0 unspecified atom stereocenters. The van der Waals surface area contributed by atoms with Crippen molar-refractivity contribution in [3.05, 3.63) is 28.2 Å². The summed E-state index contributed by atoms with van der Waals surface area (Å²) in [6.45, 7) is 0.533. The molecule has 1 heterocycles. The van der Waals surface area contributed by atoms with Crippen molar-refractivity contribution in [2.75, 3.05) is 0 Å². The Hall–Kier alpha value is -0.920. The lowest BCUT2D eigenvalue weighted by Gasteiger charge is -2.11. The summed E-state index contributed by atoms with van der Waals surface area (Å²) in [7, 11) is 0. The zero-order valence-corrected chi connectivity index (χ0v) is 13.4. The molecule has 0 aliphatic heterocycles. The maximum Gasteiger partial charge on any atom is 0.214 e. The lowest BCUT2D eigenvalue weighted by Crippen LogP contribution is -2.08. The van der Waals surface area contributed by atoms with Gasteiger partial charge in [-0.05, 0) is 52.7 Å². The maximum atomic E-state index is 5.67. The second-order valence-electron chi connectivity index (χ2n) is 4.90. The number of nitrogens with zero attached hydrogens (tertiary/aromatic N) is 4. The van der Waals surface area contributed by atoms with Crippen LogP contribution in [-0.4, -0.2) is 20.2 Å². The van der Waals surface area contributed by atoms with Gasteiger partial charge in [0.2, 0.25) is 5.16 Å². The van der Waals surface area contributed by atoms with Gasteiger partial charge in [-0.15, -0.1) is 5.10 Å². The molecule has 5 nitrogen and oxygen atoms in total. The standard InChI is InChI=1S/C13H16BrN5S/c14-12-7-11(6-5-9(12)8-15)20-13-16-17-18-19(13)10-3-1-2-4-10/h5-7,10H,1-4,8,15H2. The van der Waals surface area contributed by atoms with Crippen molar-refractivity contribution in [3.63, 3.8) is 0 Å². The van der Waals surface area contributed by atoms with Crippen molar-refractivity contribution in [1.82, 2.24) is 20.2 Å². The third kappa shape index (κ3) is 2.89. The number of aromatic nitrogens is 4. The van der Waals surface area contributed by atoms with Gasteiger partial charge in [0.1, 0.15) is 0 Å². The van der Waals surface area contributed by atoms with E-state index in [9.17, 15) is 0 Å². The smallest absolute Gasteiger partial charge is 0.214 e. The van der Waals surface area contributed by atoms with Crippen LogP contribution in [0.25, 0.3) is 0 Å². The monoisotopic (exact) mass is 353 g/mol. The molecule has 1 aromatic heterocycles. The van der Waals surface area contributed by atoms with Gasteiger partial charge in [0, 0.05) is 15.9 Å². The Balaban J connectivity index is 1.81. The molecule has 1 aliphatic rings. The van der Waals surface area contributed by atoms with Gasteiger partial charge in [0.05, 0.1) is 6.04 Å². The molecule has 106 valence electrons. The molecule has 0 radical (unpaired) electrons. The summed E-state index contributed by atoms with van der Waals surface area (Å²) in [4.78, 5) is 1.11. The highest BCUT2D eigenvalue weighted by Crippen LogP contribution is 2.34.